The predicted octanol–water partition coefficient (Wildman–Crippen LogP) is 2.52. The van der Waals surface area contributed by atoms with E-state index in [1.54, 1.807) is 36.4 Å². The molecule has 0 saturated carbocycles. The molecular formula is C14H12O3. The Morgan fingerprint density at radius 1 is 0.941 bits per heavy atom. The summed E-state index contributed by atoms with van der Waals surface area (Å²) in [4.78, 5) is 11.9. The molecule has 0 bridgehead atoms. The van der Waals surface area contributed by atoms with Gasteiger partial charge in [0.15, 0.2) is 5.78 Å². The summed E-state index contributed by atoms with van der Waals surface area (Å²) in [5, 5.41) is 18.7. The number of benzene rings is 2. The first-order chi connectivity index (χ1) is 8.16. The highest BCUT2D eigenvalue weighted by Gasteiger charge is 2.09. The maximum atomic E-state index is 11.9. The summed E-state index contributed by atoms with van der Waals surface area (Å²) in [7, 11) is 0. The summed E-state index contributed by atoms with van der Waals surface area (Å²) in [6.07, 6.45) is 0.150. The Bertz CT molecular complexity index is 529. The minimum atomic E-state index is -0.0912. The lowest BCUT2D eigenvalue weighted by atomic mass is 10.0. The lowest BCUT2D eigenvalue weighted by molar-refractivity contribution is 0.0992. The van der Waals surface area contributed by atoms with Crippen molar-refractivity contribution in [2.75, 3.05) is 0 Å². The molecule has 2 rings (SSSR count). The molecule has 0 unspecified atom stereocenters. The zero-order valence-electron chi connectivity index (χ0n) is 9.13. The summed E-state index contributed by atoms with van der Waals surface area (Å²) < 4.78 is 0. The highest BCUT2D eigenvalue weighted by Crippen LogP contribution is 2.18. The molecule has 86 valence electrons. The van der Waals surface area contributed by atoms with Crippen LogP contribution in [0, 0.1) is 0 Å². The van der Waals surface area contributed by atoms with Gasteiger partial charge in [0, 0.05) is 17.5 Å². The molecule has 0 fully saturated rings. The van der Waals surface area contributed by atoms with Crippen LogP contribution in [0.15, 0.2) is 48.5 Å². The maximum absolute atomic E-state index is 11.9. The van der Waals surface area contributed by atoms with Gasteiger partial charge in [0.05, 0.1) is 0 Å². The maximum Gasteiger partial charge on any atom is 0.167 e. The number of carbonyl (C=O) groups excluding carboxylic acids is 1. The number of ketones is 1. The quantitative estimate of drug-likeness (QED) is 0.793. The van der Waals surface area contributed by atoms with E-state index in [2.05, 4.69) is 0 Å². The first-order valence-corrected chi connectivity index (χ1v) is 5.26. The zero-order chi connectivity index (χ0) is 12.3. The first-order valence-electron chi connectivity index (χ1n) is 5.26. The van der Waals surface area contributed by atoms with Crippen LogP contribution < -0.4 is 0 Å². The van der Waals surface area contributed by atoms with Crippen molar-refractivity contribution in [3.63, 3.8) is 0 Å². The van der Waals surface area contributed by atoms with E-state index >= 15 is 0 Å². The highest BCUT2D eigenvalue weighted by atomic mass is 16.3. The van der Waals surface area contributed by atoms with Gasteiger partial charge in [-0.1, -0.05) is 18.2 Å². The third kappa shape index (κ3) is 2.64. The number of phenols is 2. The predicted molar refractivity (Wildman–Crippen MR) is 64.2 cm³/mol. The van der Waals surface area contributed by atoms with Crippen LogP contribution in [0.5, 0.6) is 11.5 Å². The molecular weight excluding hydrogens is 216 g/mol. The molecule has 3 heteroatoms. The van der Waals surface area contributed by atoms with E-state index in [1.165, 1.54) is 12.1 Å². The molecule has 2 aromatic rings. The van der Waals surface area contributed by atoms with Crippen molar-refractivity contribution in [1.82, 2.24) is 0 Å². The number of aromatic hydroxyl groups is 2. The average Bonchev–Trinajstić information content (AvgIpc) is 2.33. The van der Waals surface area contributed by atoms with E-state index in [-0.39, 0.29) is 23.7 Å². The van der Waals surface area contributed by atoms with Crippen molar-refractivity contribution >= 4 is 5.78 Å². The number of carbonyl (C=O) groups is 1. The van der Waals surface area contributed by atoms with Crippen LogP contribution >= 0.6 is 0 Å². The van der Waals surface area contributed by atoms with Gasteiger partial charge < -0.3 is 10.2 Å². The molecule has 0 saturated heterocycles. The van der Waals surface area contributed by atoms with Crippen LogP contribution in [-0.2, 0) is 6.42 Å². The molecule has 0 aliphatic rings. The smallest absolute Gasteiger partial charge is 0.167 e. The fraction of sp³-hybridized carbons (Fsp3) is 0.0714. The number of hydrogen-bond donors (Lipinski definition) is 2. The second kappa shape index (κ2) is 4.70. The van der Waals surface area contributed by atoms with E-state index < -0.39 is 0 Å². The Morgan fingerprint density at radius 3 is 2.24 bits per heavy atom. The van der Waals surface area contributed by atoms with Gasteiger partial charge in [-0.05, 0) is 30.3 Å². The molecule has 0 heterocycles. The molecule has 0 aliphatic heterocycles. The Kier molecular flexibility index (Phi) is 3.10. The lowest BCUT2D eigenvalue weighted by Gasteiger charge is -2.03. The largest absolute Gasteiger partial charge is 0.508 e. The van der Waals surface area contributed by atoms with E-state index in [4.69, 9.17) is 5.11 Å². The van der Waals surface area contributed by atoms with Crippen molar-refractivity contribution in [2.45, 2.75) is 6.42 Å². The number of rotatable bonds is 3. The van der Waals surface area contributed by atoms with Gasteiger partial charge in [-0.25, -0.2) is 0 Å². The van der Waals surface area contributed by atoms with E-state index in [0.29, 0.717) is 11.1 Å². The second-order valence-electron chi connectivity index (χ2n) is 3.78. The molecule has 0 spiro atoms. The molecule has 0 aromatic heterocycles. The average molecular weight is 228 g/mol. The number of Topliss-reactive ketones (excluding diaryl/α,β-unsaturated/α-hetero) is 1. The Hall–Kier alpha value is -2.29. The van der Waals surface area contributed by atoms with Crippen LogP contribution in [-0.4, -0.2) is 16.0 Å². The van der Waals surface area contributed by atoms with Crippen molar-refractivity contribution in [1.29, 1.82) is 0 Å². The third-order valence-corrected chi connectivity index (χ3v) is 2.53. The van der Waals surface area contributed by atoms with Gasteiger partial charge in [0.2, 0.25) is 0 Å². The number of para-hydroxylation sites is 1. The third-order valence-electron chi connectivity index (χ3n) is 2.53. The van der Waals surface area contributed by atoms with Crippen LogP contribution in [0.25, 0.3) is 0 Å². The van der Waals surface area contributed by atoms with Crippen LogP contribution in [0.4, 0.5) is 0 Å². The van der Waals surface area contributed by atoms with Crippen LogP contribution in [0.2, 0.25) is 0 Å². The highest BCUT2D eigenvalue weighted by molar-refractivity contribution is 5.97. The van der Waals surface area contributed by atoms with E-state index in [9.17, 15) is 9.90 Å². The van der Waals surface area contributed by atoms with Gasteiger partial charge in [0.1, 0.15) is 11.5 Å². The minimum Gasteiger partial charge on any atom is -0.508 e. The molecule has 2 aromatic carbocycles. The summed E-state index contributed by atoms with van der Waals surface area (Å²) in [6.45, 7) is 0. The van der Waals surface area contributed by atoms with E-state index in [0.717, 1.165) is 0 Å². The van der Waals surface area contributed by atoms with Gasteiger partial charge in [-0.15, -0.1) is 0 Å². The van der Waals surface area contributed by atoms with Crippen LogP contribution in [0.3, 0.4) is 0 Å². The van der Waals surface area contributed by atoms with Gasteiger partial charge in [-0.2, -0.15) is 0 Å². The van der Waals surface area contributed by atoms with Crippen molar-refractivity contribution in [3.8, 4) is 11.5 Å². The fourth-order valence-electron chi connectivity index (χ4n) is 1.58. The zero-order valence-corrected chi connectivity index (χ0v) is 9.13. The van der Waals surface area contributed by atoms with Gasteiger partial charge in [-0.3, -0.25) is 4.79 Å². The minimum absolute atomic E-state index is 0.0912. The monoisotopic (exact) mass is 228 g/mol. The summed E-state index contributed by atoms with van der Waals surface area (Å²) >= 11 is 0. The first kappa shape index (κ1) is 11.2. The molecule has 0 radical (unpaired) electrons. The molecule has 17 heavy (non-hydrogen) atoms. The lowest BCUT2D eigenvalue weighted by Crippen LogP contribution is -2.03. The summed E-state index contributed by atoms with van der Waals surface area (Å²) in [5.74, 6) is 0.162. The summed E-state index contributed by atoms with van der Waals surface area (Å²) in [5.41, 5.74) is 1.12. The number of phenolic OH excluding ortho intramolecular Hbond substituents is 2. The topological polar surface area (TPSA) is 57.5 Å². The van der Waals surface area contributed by atoms with Crippen LogP contribution in [0.1, 0.15) is 15.9 Å². The van der Waals surface area contributed by atoms with Crippen molar-refractivity contribution in [2.24, 2.45) is 0 Å². The Morgan fingerprint density at radius 2 is 1.59 bits per heavy atom. The summed E-state index contributed by atoms with van der Waals surface area (Å²) in [6, 6.07) is 12.8. The SMILES string of the molecule is O=C(Cc1ccccc1O)c1ccc(O)cc1. The van der Waals surface area contributed by atoms with Gasteiger partial charge >= 0.3 is 0 Å². The standard InChI is InChI=1S/C14H12O3/c15-12-7-5-10(6-8-12)14(17)9-11-3-1-2-4-13(11)16/h1-8,15-16H,9H2. The molecule has 2 N–H and O–H groups in total. The normalized spacial score (nSPS) is 10.1. The Balaban J connectivity index is 2.17. The molecule has 0 atom stereocenters. The molecule has 0 aliphatic carbocycles. The second-order valence-corrected chi connectivity index (χ2v) is 3.78. The Labute approximate surface area is 99.0 Å². The van der Waals surface area contributed by atoms with E-state index in [1.807, 2.05) is 0 Å². The molecule has 0 amide bonds. The number of hydrogen-bond acceptors (Lipinski definition) is 3. The van der Waals surface area contributed by atoms with Crippen molar-refractivity contribution in [3.05, 3.63) is 59.7 Å². The fourth-order valence-corrected chi connectivity index (χ4v) is 1.58. The molecule has 3 nitrogen and oxygen atoms in total. The van der Waals surface area contributed by atoms with Crippen molar-refractivity contribution < 1.29 is 15.0 Å². The van der Waals surface area contributed by atoms with Gasteiger partial charge in [0.25, 0.3) is 0 Å².